The fourth-order valence-corrected chi connectivity index (χ4v) is 0.296. The highest BCUT2D eigenvalue weighted by molar-refractivity contribution is 6.20. The van der Waals surface area contributed by atoms with E-state index in [0.29, 0.717) is 0 Å². The number of hydrogen-bond acceptors (Lipinski definition) is 3. The first-order chi connectivity index (χ1) is 5.08. The molecule has 3 nitrogen and oxygen atoms in total. The lowest BCUT2D eigenvalue weighted by molar-refractivity contribution is -0.138. The Labute approximate surface area is 72.4 Å². The minimum absolute atomic E-state index is 0.493. The molecule has 1 N–H and O–H groups in total. The van der Waals surface area contributed by atoms with E-state index in [-0.39, 0.29) is 0 Å². The Bertz CT molecular complexity index is 115. The SMILES string of the molecule is C=CC(=O)OC(C)Cl.CNC. The average molecular weight is 180 g/mol. The molecule has 4 heteroatoms. The fraction of sp³-hybridized carbons (Fsp3) is 0.571. The minimum Gasteiger partial charge on any atom is -0.443 e. The lowest BCUT2D eigenvalue weighted by atomic mass is 10.6. The summed E-state index contributed by atoms with van der Waals surface area (Å²) in [7, 11) is 3.75. The Morgan fingerprint density at radius 1 is 1.73 bits per heavy atom. The number of rotatable bonds is 2. The van der Waals surface area contributed by atoms with Gasteiger partial charge in [0.05, 0.1) is 0 Å². The molecule has 0 aromatic heterocycles. The Balaban J connectivity index is 0. The monoisotopic (exact) mass is 179 g/mol. The van der Waals surface area contributed by atoms with Gasteiger partial charge in [0.15, 0.2) is 5.56 Å². The molecule has 0 amide bonds. The number of carbonyl (C=O) groups is 1. The van der Waals surface area contributed by atoms with Crippen molar-refractivity contribution in [1.82, 2.24) is 5.32 Å². The van der Waals surface area contributed by atoms with Gasteiger partial charge in [0.2, 0.25) is 0 Å². The normalized spacial score (nSPS) is 10.5. The van der Waals surface area contributed by atoms with Gasteiger partial charge in [-0.1, -0.05) is 18.2 Å². The van der Waals surface area contributed by atoms with Crippen molar-refractivity contribution in [2.45, 2.75) is 12.5 Å². The van der Waals surface area contributed by atoms with Crippen molar-refractivity contribution in [3.8, 4) is 0 Å². The number of hydrogen-bond donors (Lipinski definition) is 1. The second kappa shape index (κ2) is 9.46. The predicted octanol–water partition coefficient (Wildman–Crippen LogP) is 1.14. The summed E-state index contributed by atoms with van der Waals surface area (Å²) in [5, 5.41) is 2.75. The van der Waals surface area contributed by atoms with E-state index in [9.17, 15) is 4.79 Å². The van der Waals surface area contributed by atoms with E-state index < -0.39 is 11.5 Å². The van der Waals surface area contributed by atoms with Crippen LogP contribution in [-0.2, 0) is 9.53 Å². The average Bonchev–Trinajstić information content (AvgIpc) is 1.88. The summed E-state index contributed by atoms with van der Waals surface area (Å²) in [6.07, 6.45) is 1.07. The molecule has 0 rings (SSSR count). The lowest BCUT2D eigenvalue weighted by Gasteiger charge is -2.00. The van der Waals surface area contributed by atoms with Gasteiger partial charge in [-0.3, -0.25) is 0 Å². The van der Waals surface area contributed by atoms with E-state index >= 15 is 0 Å². The van der Waals surface area contributed by atoms with Crippen LogP contribution in [0.3, 0.4) is 0 Å². The summed E-state index contributed by atoms with van der Waals surface area (Å²) >= 11 is 5.26. The minimum atomic E-state index is -0.569. The van der Waals surface area contributed by atoms with Crippen molar-refractivity contribution in [2.24, 2.45) is 0 Å². The highest BCUT2D eigenvalue weighted by Crippen LogP contribution is 1.95. The molecule has 0 heterocycles. The van der Waals surface area contributed by atoms with Crippen molar-refractivity contribution >= 4 is 17.6 Å². The maximum absolute atomic E-state index is 10.2. The highest BCUT2D eigenvalue weighted by atomic mass is 35.5. The van der Waals surface area contributed by atoms with Crippen molar-refractivity contribution in [3.63, 3.8) is 0 Å². The summed E-state index contributed by atoms with van der Waals surface area (Å²) in [4.78, 5) is 10.2. The van der Waals surface area contributed by atoms with Crippen molar-refractivity contribution in [3.05, 3.63) is 12.7 Å². The Morgan fingerprint density at radius 3 is 2.18 bits per heavy atom. The maximum Gasteiger partial charge on any atom is 0.331 e. The van der Waals surface area contributed by atoms with Crippen LogP contribution in [0.25, 0.3) is 0 Å². The first-order valence-corrected chi connectivity index (χ1v) is 3.57. The molecule has 0 saturated carbocycles. The van der Waals surface area contributed by atoms with E-state index in [1.165, 1.54) is 0 Å². The molecule has 0 aliphatic rings. The van der Waals surface area contributed by atoms with E-state index in [1.807, 2.05) is 14.1 Å². The molecule has 0 aliphatic heterocycles. The third-order valence-corrected chi connectivity index (χ3v) is 0.534. The number of carbonyl (C=O) groups excluding carboxylic acids is 1. The van der Waals surface area contributed by atoms with Gasteiger partial charge in [-0.25, -0.2) is 4.79 Å². The van der Waals surface area contributed by atoms with Gasteiger partial charge in [-0.2, -0.15) is 0 Å². The van der Waals surface area contributed by atoms with Crippen LogP contribution >= 0.6 is 11.6 Å². The molecular formula is C7H14ClNO2. The van der Waals surface area contributed by atoms with Gasteiger partial charge >= 0.3 is 5.97 Å². The van der Waals surface area contributed by atoms with E-state index in [4.69, 9.17) is 11.6 Å². The third-order valence-electron chi connectivity index (χ3n) is 0.445. The van der Waals surface area contributed by atoms with Gasteiger partial charge in [0.1, 0.15) is 0 Å². The molecule has 0 fully saturated rings. The summed E-state index contributed by atoms with van der Waals surface area (Å²) in [5.41, 5.74) is -0.569. The predicted molar refractivity (Wildman–Crippen MR) is 46.6 cm³/mol. The molecule has 1 unspecified atom stereocenters. The van der Waals surface area contributed by atoms with Crippen molar-refractivity contribution < 1.29 is 9.53 Å². The Kier molecular flexibility index (Phi) is 11.2. The lowest BCUT2D eigenvalue weighted by Crippen LogP contribution is -2.05. The van der Waals surface area contributed by atoms with Gasteiger partial charge in [-0.05, 0) is 21.0 Å². The summed E-state index contributed by atoms with van der Waals surface area (Å²) < 4.78 is 4.41. The Morgan fingerprint density at radius 2 is 2.09 bits per heavy atom. The van der Waals surface area contributed by atoms with Gasteiger partial charge < -0.3 is 10.1 Å². The van der Waals surface area contributed by atoms with E-state index in [1.54, 1.807) is 6.92 Å². The maximum atomic E-state index is 10.2. The van der Waals surface area contributed by atoms with Gasteiger partial charge in [0.25, 0.3) is 0 Å². The molecule has 0 radical (unpaired) electrons. The second-order valence-corrected chi connectivity index (χ2v) is 2.30. The number of halogens is 1. The van der Waals surface area contributed by atoms with E-state index in [0.717, 1.165) is 6.08 Å². The van der Waals surface area contributed by atoms with Crippen molar-refractivity contribution in [2.75, 3.05) is 14.1 Å². The molecule has 0 bridgehead atoms. The topological polar surface area (TPSA) is 38.3 Å². The molecule has 0 saturated heterocycles. The zero-order valence-corrected chi connectivity index (χ0v) is 7.81. The quantitative estimate of drug-likeness (QED) is 0.393. The smallest absolute Gasteiger partial charge is 0.331 e. The number of nitrogens with one attached hydrogen (secondary N) is 1. The molecule has 0 spiro atoms. The number of esters is 1. The molecule has 66 valence electrons. The molecule has 0 aromatic rings. The van der Waals surface area contributed by atoms with Crippen LogP contribution in [-0.4, -0.2) is 25.6 Å². The highest BCUT2D eigenvalue weighted by Gasteiger charge is 1.98. The zero-order valence-electron chi connectivity index (χ0n) is 7.06. The van der Waals surface area contributed by atoms with Crippen LogP contribution in [0.4, 0.5) is 0 Å². The van der Waals surface area contributed by atoms with Crippen LogP contribution in [0.5, 0.6) is 0 Å². The number of ether oxygens (including phenoxy) is 1. The first-order valence-electron chi connectivity index (χ1n) is 3.14. The Hall–Kier alpha value is -0.540. The van der Waals surface area contributed by atoms with Crippen LogP contribution in [0.1, 0.15) is 6.92 Å². The van der Waals surface area contributed by atoms with Crippen LogP contribution in [0, 0.1) is 0 Å². The zero-order chi connectivity index (χ0) is 9.28. The molecule has 0 aromatic carbocycles. The van der Waals surface area contributed by atoms with E-state index in [2.05, 4.69) is 16.6 Å². The van der Waals surface area contributed by atoms with Crippen molar-refractivity contribution in [1.29, 1.82) is 0 Å². The summed E-state index contributed by atoms with van der Waals surface area (Å²) in [6.45, 7) is 4.74. The summed E-state index contributed by atoms with van der Waals surface area (Å²) in [5.74, 6) is -0.493. The van der Waals surface area contributed by atoms with Crippen LogP contribution in [0.2, 0.25) is 0 Å². The number of alkyl halides is 1. The molecule has 1 atom stereocenters. The second-order valence-electron chi connectivity index (χ2n) is 1.68. The van der Waals surface area contributed by atoms with Gasteiger partial charge in [-0.15, -0.1) is 0 Å². The third kappa shape index (κ3) is 17.7. The fourth-order valence-electron chi connectivity index (χ4n) is 0.208. The molecule has 11 heavy (non-hydrogen) atoms. The summed E-state index contributed by atoms with van der Waals surface area (Å²) in [6, 6.07) is 0. The van der Waals surface area contributed by atoms with Crippen LogP contribution in [0.15, 0.2) is 12.7 Å². The molecular weight excluding hydrogens is 166 g/mol. The van der Waals surface area contributed by atoms with Crippen LogP contribution < -0.4 is 5.32 Å². The first kappa shape index (κ1) is 13.1. The largest absolute Gasteiger partial charge is 0.443 e. The molecule has 0 aliphatic carbocycles. The van der Waals surface area contributed by atoms with Gasteiger partial charge in [0, 0.05) is 6.08 Å². The standard InChI is InChI=1S/C5H7ClO2.C2H7N/c1-3-5(7)8-4(2)6;1-3-2/h3-4H,1H2,2H3;3H,1-2H3.